The molecule has 5 nitrogen and oxygen atoms in total. The lowest BCUT2D eigenvalue weighted by Gasteiger charge is -2.16. The van der Waals surface area contributed by atoms with Gasteiger partial charge in [-0.15, -0.1) is 0 Å². The van der Waals surface area contributed by atoms with Crippen LogP contribution in [0.2, 0.25) is 5.02 Å². The fourth-order valence-electron chi connectivity index (χ4n) is 2.18. The number of benzene rings is 2. The summed E-state index contributed by atoms with van der Waals surface area (Å²) in [6, 6.07) is 12.1. The Labute approximate surface area is 146 Å². The molecule has 24 heavy (non-hydrogen) atoms. The molecule has 0 aliphatic carbocycles. The van der Waals surface area contributed by atoms with Gasteiger partial charge in [0.15, 0.2) is 0 Å². The molecule has 2 rings (SSSR count). The number of hydrogen-bond donors (Lipinski definition) is 1. The van der Waals surface area contributed by atoms with Crippen molar-refractivity contribution < 1.29 is 17.9 Å². The molecule has 0 aliphatic rings. The number of nitrogens with one attached hydrogen (secondary N) is 1. The largest absolute Gasteiger partial charge is 0.462 e. The first-order valence-electron chi connectivity index (χ1n) is 7.39. The van der Waals surface area contributed by atoms with Gasteiger partial charge in [0.05, 0.1) is 17.1 Å². The van der Waals surface area contributed by atoms with Crippen LogP contribution in [0.4, 0.5) is 0 Å². The maximum atomic E-state index is 12.5. The highest BCUT2D eigenvalue weighted by Crippen LogP contribution is 2.24. The van der Waals surface area contributed by atoms with Gasteiger partial charge in [-0.2, -0.15) is 0 Å². The van der Waals surface area contributed by atoms with Crippen molar-refractivity contribution in [3.8, 4) is 0 Å². The molecule has 7 heteroatoms. The van der Waals surface area contributed by atoms with Crippen LogP contribution < -0.4 is 4.72 Å². The molecule has 0 aliphatic heterocycles. The van der Waals surface area contributed by atoms with Crippen molar-refractivity contribution in [3.05, 3.63) is 64.7 Å². The van der Waals surface area contributed by atoms with E-state index in [0.717, 1.165) is 0 Å². The number of carbonyl (C=O) groups is 1. The van der Waals surface area contributed by atoms with E-state index in [-0.39, 0.29) is 11.5 Å². The van der Waals surface area contributed by atoms with Crippen LogP contribution in [0.25, 0.3) is 0 Å². The summed E-state index contributed by atoms with van der Waals surface area (Å²) in [7, 11) is -3.74. The predicted octanol–water partition coefficient (Wildman–Crippen LogP) is 3.56. The highest BCUT2D eigenvalue weighted by atomic mass is 35.5. The number of esters is 1. The summed E-state index contributed by atoms with van der Waals surface area (Å²) in [6.07, 6.45) is 0. The molecule has 0 saturated carbocycles. The highest BCUT2D eigenvalue weighted by Gasteiger charge is 2.20. The average Bonchev–Trinajstić information content (AvgIpc) is 2.55. The summed E-state index contributed by atoms with van der Waals surface area (Å²) in [5.74, 6) is -0.487. The number of halogens is 1. The SMILES string of the molecule is CCOC(=O)c1ccc(S(=O)(=O)N[C@H](C)c2ccccc2Cl)cc1. The van der Waals surface area contributed by atoms with Crippen molar-refractivity contribution >= 4 is 27.6 Å². The lowest BCUT2D eigenvalue weighted by atomic mass is 10.1. The average molecular weight is 368 g/mol. The monoisotopic (exact) mass is 367 g/mol. The topological polar surface area (TPSA) is 72.5 Å². The first-order chi connectivity index (χ1) is 11.3. The molecular weight excluding hydrogens is 350 g/mol. The van der Waals surface area contributed by atoms with E-state index < -0.39 is 22.0 Å². The molecule has 0 heterocycles. The maximum absolute atomic E-state index is 12.5. The summed E-state index contributed by atoms with van der Waals surface area (Å²) in [4.78, 5) is 11.7. The molecule has 2 aromatic carbocycles. The van der Waals surface area contributed by atoms with Crippen LogP contribution in [-0.2, 0) is 14.8 Å². The number of hydrogen-bond acceptors (Lipinski definition) is 4. The Morgan fingerprint density at radius 2 is 1.79 bits per heavy atom. The van der Waals surface area contributed by atoms with Gasteiger partial charge in [0.25, 0.3) is 0 Å². The van der Waals surface area contributed by atoms with Crippen LogP contribution in [0.15, 0.2) is 53.4 Å². The Morgan fingerprint density at radius 3 is 2.38 bits per heavy atom. The van der Waals surface area contributed by atoms with Crippen molar-refractivity contribution in [2.45, 2.75) is 24.8 Å². The molecule has 1 N–H and O–H groups in total. The van der Waals surface area contributed by atoms with E-state index in [0.29, 0.717) is 16.1 Å². The summed E-state index contributed by atoms with van der Waals surface area (Å²) in [6.45, 7) is 3.68. The van der Waals surface area contributed by atoms with Gasteiger partial charge in [0.1, 0.15) is 0 Å². The molecule has 0 unspecified atom stereocenters. The summed E-state index contributed by atoms with van der Waals surface area (Å²) in [5, 5.41) is 0.491. The van der Waals surface area contributed by atoms with Gasteiger partial charge < -0.3 is 4.74 Å². The van der Waals surface area contributed by atoms with Gasteiger partial charge in [-0.25, -0.2) is 17.9 Å². The van der Waals surface area contributed by atoms with E-state index in [9.17, 15) is 13.2 Å². The lowest BCUT2D eigenvalue weighted by molar-refractivity contribution is 0.0526. The van der Waals surface area contributed by atoms with Gasteiger partial charge in [-0.1, -0.05) is 29.8 Å². The third-order valence-corrected chi connectivity index (χ3v) is 5.28. The van der Waals surface area contributed by atoms with E-state index in [1.807, 2.05) is 0 Å². The van der Waals surface area contributed by atoms with E-state index >= 15 is 0 Å². The number of rotatable bonds is 6. The zero-order chi connectivity index (χ0) is 17.7. The molecular formula is C17H18ClNO4S. The quantitative estimate of drug-likeness (QED) is 0.792. The number of carbonyl (C=O) groups excluding carboxylic acids is 1. The molecule has 2 aromatic rings. The van der Waals surface area contributed by atoms with Gasteiger partial charge in [0.2, 0.25) is 10.0 Å². The van der Waals surface area contributed by atoms with Gasteiger partial charge in [-0.05, 0) is 49.7 Å². The first kappa shape index (κ1) is 18.4. The van der Waals surface area contributed by atoms with Crippen LogP contribution in [0.1, 0.15) is 35.8 Å². The van der Waals surface area contributed by atoms with Crippen molar-refractivity contribution in [1.29, 1.82) is 0 Å². The molecule has 128 valence electrons. The summed E-state index contributed by atoms with van der Waals surface area (Å²) >= 11 is 6.09. The Hall–Kier alpha value is -1.89. The second kappa shape index (κ2) is 7.79. The number of sulfonamides is 1. The molecule has 1 atom stereocenters. The minimum Gasteiger partial charge on any atom is -0.462 e. The fourth-order valence-corrected chi connectivity index (χ4v) is 3.70. The van der Waals surface area contributed by atoms with Crippen molar-refractivity contribution in [2.24, 2.45) is 0 Å². The molecule has 0 saturated heterocycles. The van der Waals surface area contributed by atoms with Crippen molar-refractivity contribution in [3.63, 3.8) is 0 Å². The van der Waals surface area contributed by atoms with Crippen molar-refractivity contribution in [1.82, 2.24) is 4.72 Å². The van der Waals surface area contributed by atoms with E-state index in [2.05, 4.69) is 4.72 Å². The Bertz CT molecular complexity index is 819. The zero-order valence-electron chi connectivity index (χ0n) is 13.3. The fraction of sp³-hybridized carbons (Fsp3) is 0.235. The molecule has 0 aromatic heterocycles. The third-order valence-electron chi connectivity index (χ3n) is 3.38. The smallest absolute Gasteiger partial charge is 0.338 e. The van der Waals surface area contributed by atoms with E-state index in [4.69, 9.17) is 16.3 Å². The molecule has 0 amide bonds. The van der Waals surface area contributed by atoms with E-state index in [1.165, 1.54) is 24.3 Å². The second-order valence-corrected chi connectivity index (χ2v) is 7.23. The maximum Gasteiger partial charge on any atom is 0.338 e. The van der Waals surface area contributed by atoms with Crippen molar-refractivity contribution in [2.75, 3.05) is 6.61 Å². The van der Waals surface area contributed by atoms with Crippen LogP contribution in [0.5, 0.6) is 0 Å². The highest BCUT2D eigenvalue weighted by molar-refractivity contribution is 7.89. The van der Waals surface area contributed by atoms with Gasteiger partial charge in [-0.3, -0.25) is 0 Å². The normalized spacial score (nSPS) is 12.6. The predicted molar refractivity (Wildman–Crippen MR) is 92.6 cm³/mol. The Morgan fingerprint density at radius 1 is 1.17 bits per heavy atom. The zero-order valence-corrected chi connectivity index (χ0v) is 14.9. The molecule has 0 fully saturated rings. The third kappa shape index (κ3) is 4.35. The van der Waals surface area contributed by atoms with Crippen LogP contribution in [0.3, 0.4) is 0 Å². The van der Waals surface area contributed by atoms with E-state index in [1.54, 1.807) is 38.1 Å². The van der Waals surface area contributed by atoms with Gasteiger partial charge >= 0.3 is 5.97 Å². The Balaban J connectivity index is 2.18. The minimum atomic E-state index is -3.74. The minimum absolute atomic E-state index is 0.0643. The molecule has 0 radical (unpaired) electrons. The molecule has 0 bridgehead atoms. The number of ether oxygens (including phenoxy) is 1. The second-order valence-electron chi connectivity index (χ2n) is 5.11. The first-order valence-corrected chi connectivity index (χ1v) is 9.25. The van der Waals surface area contributed by atoms with Crippen LogP contribution >= 0.6 is 11.6 Å². The summed E-state index contributed by atoms with van der Waals surface area (Å²) < 4.78 is 32.4. The van der Waals surface area contributed by atoms with Crippen LogP contribution in [-0.4, -0.2) is 21.0 Å². The Kier molecular flexibility index (Phi) is 5.99. The van der Waals surface area contributed by atoms with Crippen LogP contribution in [0, 0.1) is 0 Å². The standard InChI is InChI=1S/C17H18ClNO4S/c1-3-23-17(20)13-8-10-14(11-9-13)24(21,22)19-12(2)15-6-4-5-7-16(15)18/h4-12,19H,3H2,1-2H3/t12-/m1/s1. The molecule has 0 spiro atoms. The summed E-state index contributed by atoms with van der Waals surface area (Å²) in [5.41, 5.74) is 0.987. The van der Waals surface area contributed by atoms with Gasteiger partial charge in [0, 0.05) is 11.1 Å². The lowest BCUT2D eigenvalue weighted by Crippen LogP contribution is -2.27.